The van der Waals surface area contributed by atoms with Crippen LogP contribution in [0.2, 0.25) is 0 Å². The van der Waals surface area contributed by atoms with Crippen molar-refractivity contribution in [3.8, 4) is 0 Å². The number of ether oxygens (including phenoxy) is 1. The normalized spacial score (nSPS) is 11.3. The number of carbonyl (C=O) groups is 1. The minimum Gasteiger partial charge on any atom is -0.465 e. The van der Waals surface area contributed by atoms with E-state index in [2.05, 4.69) is 0 Å². The summed E-state index contributed by atoms with van der Waals surface area (Å²) in [4.78, 5) is 11.9. The topological polar surface area (TPSA) is 46.5 Å². The summed E-state index contributed by atoms with van der Waals surface area (Å²) < 4.78 is 4.84. The Balaban J connectivity index is 2.30. The number of carbonyl (C=O) groups excluding carboxylic acids is 1. The van der Waals surface area contributed by atoms with Crippen molar-refractivity contribution in [2.24, 2.45) is 0 Å². The maximum absolute atomic E-state index is 11.9. The van der Waals surface area contributed by atoms with E-state index in [4.69, 9.17) is 4.74 Å². The first-order chi connectivity index (χ1) is 10.7. The Morgan fingerprint density at radius 2 is 1.91 bits per heavy atom. The molecular weight excluding hydrogens is 276 g/mol. The highest BCUT2D eigenvalue weighted by molar-refractivity contribution is 5.91. The van der Waals surface area contributed by atoms with Crippen molar-refractivity contribution in [2.45, 2.75) is 13.3 Å². The maximum Gasteiger partial charge on any atom is 0.338 e. The molecule has 0 saturated carbocycles. The molecule has 0 aromatic heterocycles. The summed E-state index contributed by atoms with van der Waals surface area (Å²) in [5, 5.41) is 9.57. The molecule has 0 spiro atoms. The second-order valence-electron chi connectivity index (χ2n) is 5.11. The van der Waals surface area contributed by atoms with Gasteiger partial charge in [0.1, 0.15) is 0 Å². The molecule has 0 bridgehead atoms. The Hall–Kier alpha value is -2.39. The molecule has 0 heterocycles. The van der Waals surface area contributed by atoms with E-state index in [1.54, 1.807) is 0 Å². The average molecular weight is 296 g/mol. The smallest absolute Gasteiger partial charge is 0.338 e. The highest BCUT2D eigenvalue weighted by Crippen LogP contribution is 2.18. The first-order valence-electron chi connectivity index (χ1n) is 7.19. The number of hydrogen-bond acceptors (Lipinski definition) is 3. The number of esters is 1. The summed E-state index contributed by atoms with van der Waals surface area (Å²) in [6.45, 7) is 1.90. The Morgan fingerprint density at radius 1 is 1.18 bits per heavy atom. The van der Waals surface area contributed by atoms with Crippen LogP contribution in [0.4, 0.5) is 0 Å². The molecule has 0 amide bonds. The van der Waals surface area contributed by atoms with Gasteiger partial charge in [0.15, 0.2) is 0 Å². The Labute approximate surface area is 130 Å². The highest BCUT2D eigenvalue weighted by Gasteiger charge is 2.11. The molecule has 0 aliphatic heterocycles. The molecule has 22 heavy (non-hydrogen) atoms. The van der Waals surface area contributed by atoms with Gasteiger partial charge in [0.2, 0.25) is 0 Å². The summed E-state index contributed by atoms with van der Waals surface area (Å²) in [7, 11) is 1.38. The van der Waals surface area contributed by atoms with Crippen molar-refractivity contribution in [3.05, 3.63) is 76.9 Å². The Bertz CT molecular complexity index is 672. The Morgan fingerprint density at radius 3 is 2.55 bits per heavy atom. The summed E-state index contributed by atoms with van der Waals surface area (Å²) in [5.41, 5.74) is 4.30. The molecule has 1 N–H and O–H groups in total. The van der Waals surface area contributed by atoms with Gasteiger partial charge < -0.3 is 9.84 Å². The van der Waals surface area contributed by atoms with Gasteiger partial charge in [-0.3, -0.25) is 0 Å². The van der Waals surface area contributed by atoms with Crippen molar-refractivity contribution in [1.82, 2.24) is 0 Å². The van der Waals surface area contributed by atoms with Gasteiger partial charge in [-0.25, -0.2) is 4.79 Å². The first kappa shape index (κ1) is 16.0. The summed E-state index contributed by atoms with van der Waals surface area (Å²) in [5.74, 6) is -0.336. The van der Waals surface area contributed by atoms with Crippen LogP contribution in [0, 0.1) is 6.92 Å². The SMILES string of the molecule is COC(=O)c1cc(C)ccc1CC=C(CO)c1ccccc1. The summed E-state index contributed by atoms with van der Waals surface area (Å²) >= 11 is 0. The van der Waals surface area contributed by atoms with Crippen molar-refractivity contribution in [1.29, 1.82) is 0 Å². The lowest BCUT2D eigenvalue weighted by Gasteiger charge is -2.09. The van der Waals surface area contributed by atoms with E-state index in [0.717, 1.165) is 22.3 Å². The highest BCUT2D eigenvalue weighted by atomic mass is 16.5. The van der Waals surface area contributed by atoms with Gasteiger partial charge in [0.05, 0.1) is 19.3 Å². The summed E-state index contributed by atoms with van der Waals surface area (Å²) in [6.07, 6.45) is 2.52. The van der Waals surface area contributed by atoms with Crippen LogP contribution in [-0.2, 0) is 11.2 Å². The molecule has 0 unspecified atom stereocenters. The van der Waals surface area contributed by atoms with E-state index < -0.39 is 0 Å². The molecule has 3 nitrogen and oxygen atoms in total. The molecule has 3 heteroatoms. The van der Waals surface area contributed by atoms with Crippen molar-refractivity contribution < 1.29 is 14.6 Å². The van der Waals surface area contributed by atoms with Crippen molar-refractivity contribution >= 4 is 11.5 Å². The van der Waals surface area contributed by atoms with E-state index in [0.29, 0.717) is 12.0 Å². The lowest BCUT2D eigenvalue weighted by Crippen LogP contribution is -2.06. The first-order valence-corrected chi connectivity index (χ1v) is 7.19. The van der Waals surface area contributed by atoms with Crippen LogP contribution in [0.1, 0.15) is 27.0 Å². The predicted molar refractivity (Wildman–Crippen MR) is 87.7 cm³/mol. The third-order valence-electron chi connectivity index (χ3n) is 3.55. The molecule has 0 fully saturated rings. The van der Waals surface area contributed by atoms with E-state index in [9.17, 15) is 9.90 Å². The molecule has 2 aromatic rings. The van der Waals surface area contributed by atoms with Crippen molar-refractivity contribution in [2.75, 3.05) is 13.7 Å². The zero-order valence-electron chi connectivity index (χ0n) is 12.9. The number of hydrogen-bond donors (Lipinski definition) is 1. The van der Waals surface area contributed by atoms with E-state index in [1.807, 2.05) is 61.5 Å². The van der Waals surface area contributed by atoms with Crippen LogP contribution >= 0.6 is 0 Å². The molecule has 114 valence electrons. The lowest BCUT2D eigenvalue weighted by atomic mass is 9.99. The minimum atomic E-state index is -0.336. The van der Waals surface area contributed by atoms with Crippen molar-refractivity contribution in [3.63, 3.8) is 0 Å². The van der Waals surface area contributed by atoms with E-state index in [1.165, 1.54) is 7.11 Å². The van der Waals surface area contributed by atoms with Gasteiger partial charge in [0.25, 0.3) is 0 Å². The van der Waals surface area contributed by atoms with Gasteiger partial charge in [-0.1, -0.05) is 54.1 Å². The number of methoxy groups -OCH3 is 1. The number of benzene rings is 2. The molecule has 0 atom stereocenters. The molecular formula is C19H20O3. The lowest BCUT2D eigenvalue weighted by molar-refractivity contribution is 0.0599. The third kappa shape index (κ3) is 3.83. The molecule has 0 radical (unpaired) electrons. The fourth-order valence-electron chi connectivity index (χ4n) is 2.33. The second-order valence-corrected chi connectivity index (χ2v) is 5.11. The van der Waals surface area contributed by atoms with Crippen LogP contribution in [-0.4, -0.2) is 24.8 Å². The number of rotatable bonds is 5. The number of allylic oxidation sites excluding steroid dienone is 1. The fourth-order valence-corrected chi connectivity index (χ4v) is 2.33. The predicted octanol–water partition coefficient (Wildman–Crippen LogP) is 3.40. The zero-order valence-corrected chi connectivity index (χ0v) is 12.9. The summed E-state index contributed by atoms with van der Waals surface area (Å²) in [6, 6.07) is 15.4. The minimum absolute atomic E-state index is 0.0383. The van der Waals surface area contributed by atoms with Crippen LogP contribution in [0.3, 0.4) is 0 Å². The second kappa shape index (κ2) is 7.57. The van der Waals surface area contributed by atoms with Gasteiger partial charge >= 0.3 is 5.97 Å². The maximum atomic E-state index is 11.9. The number of aliphatic hydroxyl groups excluding tert-OH is 1. The van der Waals surface area contributed by atoms with Crippen LogP contribution in [0.15, 0.2) is 54.6 Å². The quantitative estimate of drug-likeness (QED) is 0.860. The van der Waals surface area contributed by atoms with E-state index >= 15 is 0 Å². The largest absolute Gasteiger partial charge is 0.465 e. The molecule has 0 saturated heterocycles. The van der Waals surface area contributed by atoms with Gasteiger partial charge in [-0.2, -0.15) is 0 Å². The Kier molecular flexibility index (Phi) is 5.50. The van der Waals surface area contributed by atoms with Gasteiger partial charge in [0, 0.05) is 0 Å². The molecule has 0 aliphatic rings. The fraction of sp³-hybridized carbons (Fsp3) is 0.211. The van der Waals surface area contributed by atoms with Crippen LogP contribution in [0.5, 0.6) is 0 Å². The molecule has 2 rings (SSSR count). The monoisotopic (exact) mass is 296 g/mol. The molecule has 2 aromatic carbocycles. The van der Waals surface area contributed by atoms with E-state index in [-0.39, 0.29) is 12.6 Å². The zero-order chi connectivity index (χ0) is 15.9. The van der Waals surface area contributed by atoms with Crippen LogP contribution in [0.25, 0.3) is 5.57 Å². The number of aryl methyl sites for hydroxylation is 1. The number of aliphatic hydroxyl groups is 1. The third-order valence-corrected chi connectivity index (χ3v) is 3.55. The van der Waals surface area contributed by atoms with Crippen LogP contribution < -0.4 is 0 Å². The van der Waals surface area contributed by atoms with Gasteiger partial charge in [-0.15, -0.1) is 0 Å². The van der Waals surface area contributed by atoms with Gasteiger partial charge in [-0.05, 0) is 36.1 Å². The average Bonchev–Trinajstić information content (AvgIpc) is 2.56. The molecule has 0 aliphatic carbocycles. The standard InChI is InChI=1S/C19H20O3/c1-14-8-9-16(18(12-14)19(21)22-2)10-11-17(13-20)15-6-4-3-5-7-15/h3-9,11-12,20H,10,13H2,1-2H3.